The van der Waals surface area contributed by atoms with Gasteiger partial charge >= 0.3 is 0 Å². The van der Waals surface area contributed by atoms with Gasteiger partial charge in [-0.15, -0.1) is 0 Å². The third kappa shape index (κ3) is 3.32. The predicted octanol–water partition coefficient (Wildman–Crippen LogP) is 4.06. The topological polar surface area (TPSA) is 52.8 Å². The van der Waals surface area contributed by atoms with Crippen LogP contribution < -0.4 is 4.90 Å². The van der Waals surface area contributed by atoms with Gasteiger partial charge in [0, 0.05) is 24.2 Å². The van der Waals surface area contributed by atoms with Gasteiger partial charge in [-0.05, 0) is 25.0 Å². The average molecular weight is 299 g/mol. The minimum absolute atomic E-state index is 0.426. The molecule has 4 nitrogen and oxygen atoms in total. The van der Waals surface area contributed by atoms with Crippen molar-refractivity contribution in [3.63, 3.8) is 0 Å². The number of hydrogen-bond acceptors (Lipinski definition) is 4. The summed E-state index contributed by atoms with van der Waals surface area (Å²) in [5.74, 6) is 2.02. The molecular formula is C16H15ClN4. The Kier molecular flexibility index (Phi) is 4.03. The molecule has 5 heteroatoms. The second-order valence-corrected chi connectivity index (χ2v) is 5.46. The number of aromatic nitrogens is 2. The number of rotatable bonds is 5. The minimum Gasteiger partial charge on any atom is -0.325 e. The Labute approximate surface area is 129 Å². The first-order valence-electron chi connectivity index (χ1n) is 7.02. The van der Waals surface area contributed by atoms with Crippen molar-refractivity contribution in [1.29, 1.82) is 5.26 Å². The number of hydrogen-bond donors (Lipinski definition) is 0. The highest BCUT2D eigenvalue weighted by molar-refractivity contribution is 6.29. The third-order valence-corrected chi connectivity index (χ3v) is 3.63. The third-order valence-electron chi connectivity index (χ3n) is 3.43. The number of benzene rings is 1. The lowest BCUT2D eigenvalue weighted by atomic mass is 10.2. The summed E-state index contributed by atoms with van der Waals surface area (Å²) in [5, 5.41) is 9.34. The second kappa shape index (κ2) is 6.11. The quantitative estimate of drug-likeness (QED) is 0.781. The molecule has 1 fully saturated rings. The van der Waals surface area contributed by atoms with Crippen LogP contribution in [-0.4, -0.2) is 16.5 Å². The van der Waals surface area contributed by atoms with E-state index in [2.05, 4.69) is 16.0 Å². The van der Waals surface area contributed by atoms with Gasteiger partial charge in [0.15, 0.2) is 0 Å². The minimum atomic E-state index is 0.426. The fraction of sp³-hybridized carbons (Fsp3) is 0.312. The van der Waals surface area contributed by atoms with E-state index in [0.717, 1.165) is 30.2 Å². The van der Waals surface area contributed by atoms with E-state index in [1.54, 1.807) is 6.07 Å². The van der Waals surface area contributed by atoms with Crippen LogP contribution in [-0.2, 0) is 0 Å². The van der Waals surface area contributed by atoms with Gasteiger partial charge in [0.2, 0.25) is 0 Å². The first-order chi connectivity index (χ1) is 10.3. The van der Waals surface area contributed by atoms with Crippen molar-refractivity contribution in [2.24, 2.45) is 0 Å². The zero-order chi connectivity index (χ0) is 14.7. The zero-order valence-corrected chi connectivity index (χ0v) is 12.3. The Morgan fingerprint density at radius 3 is 2.67 bits per heavy atom. The molecule has 0 N–H and O–H groups in total. The SMILES string of the molecule is N#CCCN(c1ccccc1)c1cc(Cl)nc(C2CC2)n1. The zero-order valence-electron chi connectivity index (χ0n) is 11.5. The fourth-order valence-electron chi connectivity index (χ4n) is 2.23. The monoisotopic (exact) mass is 298 g/mol. The summed E-state index contributed by atoms with van der Waals surface area (Å²) >= 11 is 6.14. The summed E-state index contributed by atoms with van der Waals surface area (Å²) in [4.78, 5) is 11.0. The summed E-state index contributed by atoms with van der Waals surface area (Å²) in [6, 6.07) is 13.9. The maximum atomic E-state index is 8.88. The molecule has 0 spiro atoms. The smallest absolute Gasteiger partial charge is 0.138 e. The van der Waals surface area contributed by atoms with Crippen molar-refractivity contribution in [2.45, 2.75) is 25.2 Å². The Hall–Kier alpha value is -2.12. The molecule has 1 aliphatic rings. The van der Waals surface area contributed by atoms with Crippen LogP contribution >= 0.6 is 11.6 Å². The molecule has 0 aliphatic heterocycles. The van der Waals surface area contributed by atoms with Crippen molar-refractivity contribution >= 4 is 23.1 Å². The molecule has 0 radical (unpaired) electrons. The first kappa shape index (κ1) is 13.8. The molecule has 2 aromatic rings. The van der Waals surface area contributed by atoms with E-state index in [4.69, 9.17) is 16.9 Å². The maximum Gasteiger partial charge on any atom is 0.138 e. The Bertz CT molecular complexity index is 662. The Morgan fingerprint density at radius 2 is 2.00 bits per heavy atom. The molecule has 1 heterocycles. The van der Waals surface area contributed by atoms with Crippen LogP contribution in [0.2, 0.25) is 5.15 Å². The fourth-order valence-corrected chi connectivity index (χ4v) is 2.42. The van der Waals surface area contributed by atoms with Gasteiger partial charge in [-0.3, -0.25) is 0 Å². The van der Waals surface area contributed by atoms with E-state index in [-0.39, 0.29) is 0 Å². The van der Waals surface area contributed by atoms with Gasteiger partial charge in [-0.25, -0.2) is 9.97 Å². The standard InChI is InChI=1S/C16H15ClN4/c17-14-11-15(20-16(19-14)12-7-8-12)21(10-4-9-18)13-5-2-1-3-6-13/h1-3,5-6,11-12H,4,7-8,10H2. The number of nitrogens with zero attached hydrogens (tertiary/aromatic N) is 4. The van der Waals surface area contributed by atoms with E-state index >= 15 is 0 Å². The molecule has 3 rings (SSSR count). The highest BCUT2D eigenvalue weighted by atomic mass is 35.5. The molecule has 0 bridgehead atoms. The van der Waals surface area contributed by atoms with Gasteiger partial charge in [0.25, 0.3) is 0 Å². The average Bonchev–Trinajstić information content (AvgIpc) is 3.33. The van der Waals surface area contributed by atoms with Crippen molar-refractivity contribution in [1.82, 2.24) is 9.97 Å². The number of halogens is 1. The van der Waals surface area contributed by atoms with Crippen LogP contribution in [0.1, 0.15) is 31.0 Å². The Morgan fingerprint density at radius 1 is 1.24 bits per heavy atom. The van der Waals surface area contributed by atoms with Gasteiger partial charge < -0.3 is 4.90 Å². The van der Waals surface area contributed by atoms with Gasteiger partial charge in [0.05, 0.1) is 12.5 Å². The Balaban J connectivity index is 1.97. The predicted molar refractivity (Wildman–Crippen MR) is 82.7 cm³/mol. The van der Waals surface area contributed by atoms with Crippen LogP contribution in [0.4, 0.5) is 11.5 Å². The normalized spacial score (nSPS) is 13.7. The van der Waals surface area contributed by atoms with Crippen LogP contribution in [0.25, 0.3) is 0 Å². The molecule has 1 aromatic heterocycles. The lowest BCUT2D eigenvalue weighted by Crippen LogP contribution is -2.20. The lowest BCUT2D eigenvalue weighted by Gasteiger charge is -2.23. The number of para-hydroxylation sites is 1. The van der Waals surface area contributed by atoms with E-state index in [1.165, 1.54) is 0 Å². The molecule has 1 aliphatic carbocycles. The summed E-state index contributed by atoms with van der Waals surface area (Å²) in [5.41, 5.74) is 1.00. The van der Waals surface area contributed by atoms with Gasteiger partial charge in [-0.1, -0.05) is 29.8 Å². The highest BCUT2D eigenvalue weighted by Gasteiger charge is 2.28. The van der Waals surface area contributed by atoms with Crippen LogP contribution in [0, 0.1) is 11.3 Å². The molecule has 1 aromatic carbocycles. The van der Waals surface area contributed by atoms with Crippen molar-refractivity contribution in [2.75, 3.05) is 11.4 Å². The van der Waals surface area contributed by atoms with Gasteiger partial charge in [-0.2, -0.15) is 5.26 Å². The first-order valence-corrected chi connectivity index (χ1v) is 7.40. The van der Waals surface area contributed by atoms with Crippen molar-refractivity contribution in [3.8, 4) is 6.07 Å². The van der Waals surface area contributed by atoms with Crippen molar-refractivity contribution in [3.05, 3.63) is 47.4 Å². The second-order valence-electron chi connectivity index (χ2n) is 5.08. The van der Waals surface area contributed by atoms with Crippen LogP contribution in [0.15, 0.2) is 36.4 Å². The molecule has 0 unspecified atom stereocenters. The molecule has 1 saturated carbocycles. The van der Waals surface area contributed by atoms with Crippen LogP contribution in [0.5, 0.6) is 0 Å². The molecule has 106 valence electrons. The summed E-state index contributed by atoms with van der Waals surface area (Å²) in [6.07, 6.45) is 2.68. The van der Waals surface area contributed by atoms with Crippen LogP contribution in [0.3, 0.4) is 0 Å². The number of anilines is 2. The van der Waals surface area contributed by atoms with E-state index in [0.29, 0.717) is 24.0 Å². The highest BCUT2D eigenvalue weighted by Crippen LogP contribution is 2.39. The molecule has 21 heavy (non-hydrogen) atoms. The lowest BCUT2D eigenvalue weighted by molar-refractivity contribution is 0.875. The summed E-state index contributed by atoms with van der Waals surface area (Å²) in [7, 11) is 0. The van der Waals surface area contributed by atoms with E-state index in [9.17, 15) is 0 Å². The summed E-state index contributed by atoms with van der Waals surface area (Å²) in [6.45, 7) is 0.581. The molecule has 0 amide bonds. The van der Waals surface area contributed by atoms with Gasteiger partial charge in [0.1, 0.15) is 16.8 Å². The van der Waals surface area contributed by atoms with Crippen molar-refractivity contribution < 1.29 is 0 Å². The molecular weight excluding hydrogens is 284 g/mol. The number of nitriles is 1. The van der Waals surface area contributed by atoms with E-state index < -0.39 is 0 Å². The summed E-state index contributed by atoms with van der Waals surface area (Å²) < 4.78 is 0. The maximum absolute atomic E-state index is 8.88. The largest absolute Gasteiger partial charge is 0.325 e. The molecule has 0 saturated heterocycles. The van der Waals surface area contributed by atoms with E-state index in [1.807, 2.05) is 35.2 Å². The molecule has 0 atom stereocenters.